The molecule has 4 aromatic rings. The first kappa shape index (κ1) is 20.2. The molecule has 0 radical (unpaired) electrons. The van der Waals surface area contributed by atoms with Gasteiger partial charge in [-0.1, -0.05) is 60.7 Å². The van der Waals surface area contributed by atoms with Crippen molar-refractivity contribution in [2.75, 3.05) is 0 Å². The number of aromatic carboxylic acids is 1. The molecule has 31 heavy (non-hydrogen) atoms. The highest BCUT2D eigenvalue weighted by molar-refractivity contribution is 6.06. The Morgan fingerprint density at radius 3 is 2.06 bits per heavy atom. The van der Waals surface area contributed by atoms with Gasteiger partial charge in [0.15, 0.2) is 0 Å². The van der Waals surface area contributed by atoms with E-state index in [0.29, 0.717) is 5.75 Å². The van der Waals surface area contributed by atoms with Gasteiger partial charge in [0.05, 0.1) is 0 Å². The maximum absolute atomic E-state index is 12.6. The van der Waals surface area contributed by atoms with Crippen molar-refractivity contribution >= 4 is 16.7 Å². The minimum absolute atomic E-state index is 0.0271. The Bertz CT molecular complexity index is 1280. The molecule has 1 heterocycles. The number of benzene rings is 3. The third-order valence-electron chi connectivity index (χ3n) is 4.85. The summed E-state index contributed by atoms with van der Waals surface area (Å²) in [5.41, 5.74) is 1.11. The van der Waals surface area contributed by atoms with Gasteiger partial charge in [-0.05, 0) is 24.1 Å². The highest BCUT2D eigenvalue weighted by Crippen LogP contribution is 2.33. The van der Waals surface area contributed by atoms with Crippen molar-refractivity contribution in [3.8, 4) is 11.5 Å². The first-order valence-corrected chi connectivity index (χ1v) is 9.71. The van der Waals surface area contributed by atoms with E-state index >= 15 is 0 Å². The smallest absolute Gasteiger partial charge is 0.347 e. The van der Waals surface area contributed by atoms with Crippen LogP contribution in [0.25, 0.3) is 10.8 Å². The number of hydrogen-bond acceptors (Lipinski definition) is 5. The van der Waals surface area contributed by atoms with E-state index in [0.717, 1.165) is 11.1 Å². The van der Waals surface area contributed by atoms with E-state index in [2.05, 4.69) is 0 Å². The molecule has 0 bridgehead atoms. The maximum atomic E-state index is 12.6. The Morgan fingerprint density at radius 2 is 1.48 bits per heavy atom. The van der Waals surface area contributed by atoms with E-state index < -0.39 is 11.6 Å². The molecule has 3 aromatic carbocycles. The monoisotopic (exact) mass is 416 g/mol. The Morgan fingerprint density at radius 1 is 0.903 bits per heavy atom. The third-order valence-corrected chi connectivity index (χ3v) is 4.85. The molecule has 0 aliphatic heterocycles. The van der Waals surface area contributed by atoms with Crippen molar-refractivity contribution in [3.05, 3.63) is 106 Å². The van der Waals surface area contributed by atoms with Crippen molar-refractivity contribution in [2.24, 2.45) is 0 Å². The predicted molar refractivity (Wildman–Crippen MR) is 116 cm³/mol. The van der Waals surface area contributed by atoms with Gasteiger partial charge in [-0.2, -0.15) is 0 Å². The van der Waals surface area contributed by atoms with Gasteiger partial charge >= 0.3 is 11.6 Å². The van der Waals surface area contributed by atoms with Crippen LogP contribution in [0.1, 0.15) is 27.2 Å². The fourth-order valence-corrected chi connectivity index (χ4v) is 3.37. The van der Waals surface area contributed by atoms with Crippen molar-refractivity contribution in [1.29, 1.82) is 0 Å². The SMILES string of the molecule is Cc1oc(=O)c2c(OCc3ccccc3)cc(OCc3ccccc3)cc2c1C(=O)O. The molecule has 1 N–H and O–H groups in total. The normalized spacial score (nSPS) is 10.7. The van der Waals surface area contributed by atoms with Gasteiger partial charge in [-0.25, -0.2) is 9.59 Å². The number of fused-ring (bicyclic) bond motifs is 1. The van der Waals surface area contributed by atoms with Gasteiger partial charge in [0.25, 0.3) is 0 Å². The van der Waals surface area contributed by atoms with Gasteiger partial charge < -0.3 is 19.0 Å². The van der Waals surface area contributed by atoms with Crippen LogP contribution in [-0.2, 0) is 13.2 Å². The standard InChI is InChI=1S/C25H20O6/c1-16-22(24(26)27)20-12-19(29-14-17-8-4-2-5-9-17)13-21(23(20)25(28)31-16)30-15-18-10-6-3-7-11-18/h2-13H,14-15H2,1H3,(H,26,27). The number of hydrogen-bond donors (Lipinski definition) is 1. The van der Waals surface area contributed by atoms with Crippen LogP contribution in [0.2, 0.25) is 0 Å². The Kier molecular flexibility index (Phi) is 5.71. The Balaban J connectivity index is 1.79. The molecule has 6 heteroatoms. The van der Waals surface area contributed by atoms with Crippen LogP contribution < -0.4 is 15.1 Å². The van der Waals surface area contributed by atoms with Gasteiger partial charge in [0.1, 0.15) is 41.4 Å². The van der Waals surface area contributed by atoms with Gasteiger partial charge in [0, 0.05) is 11.5 Å². The molecule has 0 amide bonds. The molecule has 0 atom stereocenters. The molecule has 0 spiro atoms. The fourth-order valence-electron chi connectivity index (χ4n) is 3.37. The number of carboxylic acid groups (broad SMARTS) is 1. The summed E-state index contributed by atoms with van der Waals surface area (Å²) in [6.45, 7) is 1.94. The summed E-state index contributed by atoms with van der Waals surface area (Å²) < 4.78 is 17.0. The number of aryl methyl sites for hydroxylation is 1. The summed E-state index contributed by atoms with van der Waals surface area (Å²) in [5.74, 6) is -0.563. The van der Waals surface area contributed by atoms with Crippen LogP contribution in [0.15, 0.2) is 82.0 Å². The molecule has 1 aromatic heterocycles. The number of carboxylic acids is 1. The first-order chi connectivity index (χ1) is 15.0. The lowest BCUT2D eigenvalue weighted by Crippen LogP contribution is -2.11. The molecule has 0 fully saturated rings. The van der Waals surface area contributed by atoms with Crippen molar-refractivity contribution in [1.82, 2.24) is 0 Å². The van der Waals surface area contributed by atoms with E-state index in [4.69, 9.17) is 13.9 Å². The van der Waals surface area contributed by atoms with E-state index in [1.807, 2.05) is 60.7 Å². The second kappa shape index (κ2) is 8.75. The summed E-state index contributed by atoms with van der Waals surface area (Å²) in [6, 6.07) is 22.2. The topological polar surface area (TPSA) is 86.0 Å². The zero-order chi connectivity index (χ0) is 21.8. The molecule has 0 saturated carbocycles. The van der Waals surface area contributed by atoms with E-state index in [1.165, 1.54) is 6.92 Å². The van der Waals surface area contributed by atoms with Gasteiger partial charge in [0.2, 0.25) is 0 Å². The molecule has 0 aliphatic rings. The van der Waals surface area contributed by atoms with Crippen LogP contribution in [0.3, 0.4) is 0 Å². The highest BCUT2D eigenvalue weighted by atomic mass is 16.5. The van der Waals surface area contributed by atoms with Crippen molar-refractivity contribution in [2.45, 2.75) is 20.1 Å². The van der Waals surface area contributed by atoms with Crippen molar-refractivity contribution < 1.29 is 23.8 Å². The van der Waals surface area contributed by atoms with Crippen LogP contribution in [0, 0.1) is 6.92 Å². The molecule has 6 nitrogen and oxygen atoms in total. The average Bonchev–Trinajstić information content (AvgIpc) is 2.77. The van der Waals surface area contributed by atoms with E-state index in [-0.39, 0.29) is 41.1 Å². The third kappa shape index (κ3) is 4.43. The molecule has 0 saturated heterocycles. The first-order valence-electron chi connectivity index (χ1n) is 9.71. The fraction of sp³-hybridized carbons (Fsp3) is 0.120. The van der Waals surface area contributed by atoms with E-state index in [1.54, 1.807) is 12.1 Å². The number of rotatable bonds is 7. The summed E-state index contributed by atoms with van der Waals surface area (Å²) in [6.07, 6.45) is 0. The van der Waals surface area contributed by atoms with Crippen LogP contribution in [-0.4, -0.2) is 11.1 Å². The minimum Gasteiger partial charge on any atom is -0.489 e. The summed E-state index contributed by atoms with van der Waals surface area (Å²) in [4.78, 5) is 24.5. The predicted octanol–water partition coefficient (Wildman–Crippen LogP) is 4.96. The maximum Gasteiger partial charge on any atom is 0.347 e. The summed E-state index contributed by atoms with van der Waals surface area (Å²) in [7, 11) is 0. The minimum atomic E-state index is -1.19. The second-order valence-electron chi connectivity index (χ2n) is 7.02. The van der Waals surface area contributed by atoms with Crippen LogP contribution in [0.4, 0.5) is 0 Å². The number of ether oxygens (including phenoxy) is 2. The van der Waals surface area contributed by atoms with Gasteiger partial charge in [-0.15, -0.1) is 0 Å². The summed E-state index contributed by atoms with van der Waals surface area (Å²) in [5, 5.41) is 10.0. The van der Waals surface area contributed by atoms with E-state index in [9.17, 15) is 14.7 Å². The molecule has 0 unspecified atom stereocenters. The molecular formula is C25H20O6. The lowest BCUT2D eigenvalue weighted by atomic mass is 10.0. The molecular weight excluding hydrogens is 396 g/mol. The lowest BCUT2D eigenvalue weighted by molar-refractivity contribution is 0.0695. The van der Waals surface area contributed by atoms with Gasteiger partial charge in [-0.3, -0.25) is 0 Å². The molecule has 4 rings (SSSR count). The zero-order valence-electron chi connectivity index (χ0n) is 16.8. The highest BCUT2D eigenvalue weighted by Gasteiger charge is 2.21. The van der Waals surface area contributed by atoms with Crippen LogP contribution in [0.5, 0.6) is 11.5 Å². The summed E-state index contributed by atoms with van der Waals surface area (Å²) >= 11 is 0. The second-order valence-corrected chi connectivity index (χ2v) is 7.02. The molecule has 0 aliphatic carbocycles. The molecule has 156 valence electrons. The zero-order valence-corrected chi connectivity index (χ0v) is 16.8. The lowest BCUT2D eigenvalue weighted by Gasteiger charge is -2.14. The Labute approximate surface area is 178 Å². The largest absolute Gasteiger partial charge is 0.489 e. The quantitative estimate of drug-likeness (QED) is 0.458. The van der Waals surface area contributed by atoms with Crippen LogP contribution >= 0.6 is 0 Å². The average molecular weight is 416 g/mol. The Hall–Kier alpha value is -4.06. The van der Waals surface area contributed by atoms with Crippen molar-refractivity contribution in [3.63, 3.8) is 0 Å². The number of carbonyl (C=O) groups is 1.